The van der Waals surface area contributed by atoms with Crippen LogP contribution in [0.2, 0.25) is 0 Å². The zero-order chi connectivity index (χ0) is 24.0. The highest BCUT2D eigenvalue weighted by atomic mass is 32.2. The van der Waals surface area contributed by atoms with Gasteiger partial charge < -0.3 is 15.2 Å². The van der Waals surface area contributed by atoms with Crippen LogP contribution < -0.4 is 10.6 Å². The third kappa shape index (κ3) is 6.19. The first kappa shape index (κ1) is 24.4. The molecule has 3 rings (SSSR count). The first-order chi connectivity index (χ1) is 15.8. The quantitative estimate of drug-likeness (QED) is 0.447. The second-order valence-corrected chi connectivity index (χ2v) is 8.88. The summed E-state index contributed by atoms with van der Waals surface area (Å²) in [6.07, 6.45) is 0. The van der Waals surface area contributed by atoms with Gasteiger partial charge in [0.25, 0.3) is 5.91 Å². The third-order valence-electron chi connectivity index (χ3n) is 5.14. The maximum atomic E-state index is 13.5. The van der Waals surface area contributed by atoms with Crippen LogP contribution in [0.3, 0.4) is 0 Å². The van der Waals surface area contributed by atoms with Crippen molar-refractivity contribution in [3.8, 4) is 0 Å². The van der Waals surface area contributed by atoms with Crippen molar-refractivity contribution in [2.75, 3.05) is 11.1 Å². The predicted octanol–water partition coefficient (Wildman–Crippen LogP) is 4.60. The number of aryl methyl sites for hydroxylation is 1. The molecule has 0 fully saturated rings. The third-order valence-corrected chi connectivity index (χ3v) is 6.10. The number of carbonyl (C=O) groups is 2. The lowest BCUT2D eigenvalue weighted by atomic mass is 10.0. The Bertz CT molecular complexity index is 1120. The standard InChI is InChI=1S/C24H28FN5O2S/c1-5-30-22(21(15(2)3)27-23(32)17-9-7-6-8-10-17)28-29-24(30)33-14-20(31)26-19-13-18(25)12-11-16(19)4/h6-13,15,21H,5,14H2,1-4H3,(H,26,31)(H,27,32). The van der Waals surface area contributed by atoms with Gasteiger partial charge in [-0.2, -0.15) is 0 Å². The van der Waals surface area contributed by atoms with E-state index in [1.807, 2.05) is 43.5 Å². The number of amides is 2. The van der Waals surface area contributed by atoms with E-state index in [9.17, 15) is 14.0 Å². The first-order valence-corrected chi connectivity index (χ1v) is 11.8. The SMILES string of the molecule is CCn1c(SCC(=O)Nc2cc(F)ccc2C)nnc1C(NC(=O)c1ccccc1)C(C)C. The maximum Gasteiger partial charge on any atom is 0.251 e. The van der Waals surface area contributed by atoms with E-state index in [0.29, 0.717) is 28.8 Å². The molecule has 2 aromatic carbocycles. The molecule has 33 heavy (non-hydrogen) atoms. The molecular formula is C24H28FN5O2S. The van der Waals surface area contributed by atoms with Crippen LogP contribution in [0.15, 0.2) is 53.7 Å². The Morgan fingerprint density at radius 2 is 1.85 bits per heavy atom. The van der Waals surface area contributed by atoms with E-state index in [1.165, 1.54) is 23.9 Å². The van der Waals surface area contributed by atoms with Gasteiger partial charge >= 0.3 is 0 Å². The predicted molar refractivity (Wildman–Crippen MR) is 128 cm³/mol. The topological polar surface area (TPSA) is 88.9 Å². The van der Waals surface area contributed by atoms with Crippen LogP contribution in [0.4, 0.5) is 10.1 Å². The zero-order valence-electron chi connectivity index (χ0n) is 19.1. The summed E-state index contributed by atoms with van der Waals surface area (Å²) in [5, 5.41) is 15.0. The monoisotopic (exact) mass is 469 g/mol. The molecule has 7 nitrogen and oxygen atoms in total. The normalized spacial score (nSPS) is 11.9. The molecule has 1 heterocycles. The summed E-state index contributed by atoms with van der Waals surface area (Å²) in [7, 11) is 0. The Balaban J connectivity index is 1.71. The van der Waals surface area contributed by atoms with Gasteiger partial charge in [0.05, 0.1) is 11.8 Å². The van der Waals surface area contributed by atoms with Crippen molar-refractivity contribution in [1.29, 1.82) is 0 Å². The molecule has 0 radical (unpaired) electrons. The van der Waals surface area contributed by atoms with Crippen LogP contribution in [0.5, 0.6) is 0 Å². The summed E-state index contributed by atoms with van der Waals surface area (Å²) in [6.45, 7) is 8.36. The molecular weight excluding hydrogens is 441 g/mol. The summed E-state index contributed by atoms with van der Waals surface area (Å²) in [4.78, 5) is 25.2. The minimum Gasteiger partial charge on any atom is -0.342 e. The van der Waals surface area contributed by atoms with E-state index in [2.05, 4.69) is 20.8 Å². The fourth-order valence-electron chi connectivity index (χ4n) is 3.32. The Labute approximate surface area is 197 Å². The van der Waals surface area contributed by atoms with Crippen molar-refractivity contribution in [3.63, 3.8) is 0 Å². The fourth-order valence-corrected chi connectivity index (χ4v) is 4.13. The lowest BCUT2D eigenvalue weighted by molar-refractivity contribution is -0.113. The van der Waals surface area contributed by atoms with Crippen molar-refractivity contribution < 1.29 is 14.0 Å². The number of benzene rings is 2. The number of aromatic nitrogens is 3. The number of nitrogens with one attached hydrogen (secondary N) is 2. The molecule has 0 spiro atoms. The second kappa shape index (κ2) is 11.1. The van der Waals surface area contributed by atoms with E-state index >= 15 is 0 Å². The molecule has 1 unspecified atom stereocenters. The molecule has 1 aromatic heterocycles. The van der Waals surface area contributed by atoms with Gasteiger partial charge in [-0.15, -0.1) is 10.2 Å². The molecule has 9 heteroatoms. The number of hydrogen-bond donors (Lipinski definition) is 2. The van der Waals surface area contributed by atoms with Crippen LogP contribution in [-0.4, -0.2) is 32.3 Å². The molecule has 0 bridgehead atoms. The summed E-state index contributed by atoms with van der Waals surface area (Å²) in [5.41, 5.74) is 1.80. The van der Waals surface area contributed by atoms with Gasteiger partial charge in [-0.05, 0) is 49.6 Å². The number of anilines is 1. The Kier molecular flexibility index (Phi) is 8.21. The van der Waals surface area contributed by atoms with E-state index in [-0.39, 0.29) is 29.5 Å². The summed E-state index contributed by atoms with van der Waals surface area (Å²) in [5.74, 6) is -0.0459. The number of hydrogen-bond acceptors (Lipinski definition) is 5. The Morgan fingerprint density at radius 3 is 2.52 bits per heavy atom. The summed E-state index contributed by atoms with van der Waals surface area (Å²) >= 11 is 1.25. The van der Waals surface area contributed by atoms with Crippen molar-refractivity contribution >= 4 is 29.3 Å². The van der Waals surface area contributed by atoms with Crippen LogP contribution in [0, 0.1) is 18.7 Å². The highest BCUT2D eigenvalue weighted by Crippen LogP contribution is 2.26. The number of thioether (sulfide) groups is 1. The Morgan fingerprint density at radius 1 is 1.12 bits per heavy atom. The van der Waals surface area contributed by atoms with Gasteiger partial charge in [0.2, 0.25) is 5.91 Å². The second-order valence-electron chi connectivity index (χ2n) is 7.94. The zero-order valence-corrected chi connectivity index (χ0v) is 19.9. The molecule has 0 aliphatic rings. The van der Waals surface area contributed by atoms with E-state index in [4.69, 9.17) is 0 Å². The lowest BCUT2D eigenvalue weighted by Gasteiger charge is -2.22. The Hall–Kier alpha value is -3.20. The number of carbonyl (C=O) groups excluding carboxylic acids is 2. The van der Waals surface area contributed by atoms with E-state index in [0.717, 1.165) is 5.56 Å². The molecule has 0 aliphatic carbocycles. The van der Waals surface area contributed by atoms with Gasteiger partial charge in [0, 0.05) is 17.8 Å². The molecule has 3 aromatic rings. The molecule has 2 amide bonds. The average Bonchev–Trinajstić information content (AvgIpc) is 3.21. The molecule has 174 valence electrons. The van der Waals surface area contributed by atoms with Gasteiger partial charge in [0.15, 0.2) is 11.0 Å². The van der Waals surface area contributed by atoms with Crippen LogP contribution in [0.1, 0.15) is 48.6 Å². The van der Waals surface area contributed by atoms with Crippen LogP contribution >= 0.6 is 11.8 Å². The van der Waals surface area contributed by atoms with Crippen LogP contribution in [0.25, 0.3) is 0 Å². The van der Waals surface area contributed by atoms with Gasteiger partial charge in [-0.25, -0.2) is 4.39 Å². The van der Waals surface area contributed by atoms with Crippen molar-refractivity contribution in [1.82, 2.24) is 20.1 Å². The number of halogens is 1. The fraction of sp³-hybridized carbons (Fsp3) is 0.333. The van der Waals surface area contributed by atoms with Crippen molar-refractivity contribution in [3.05, 3.63) is 71.3 Å². The molecule has 1 atom stereocenters. The van der Waals surface area contributed by atoms with Crippen molar-refractivity contribution in [2.45, 2.75) is 45.4 Å². The molecule has 0 aliphatic heterocycles. The molecule has 0 saturated carbocycles. The average molecular weight is 470 g/mol. The van der Waals surface area contributed by atoms with Crippen LogP contribution in [-0.2, 0) is 11.3 Å². The van der Waals surface area contributed by atoms with Crippen molar-refractivity contribution in [2.24, 2.45) is 5.92 Å². The first-order valence-electron chi connectivity index (χ1n) is 10.8. The van der Waals surface area contributed by atoms with E-state index in [1.54, 1.807) is 25.1 Å². The minimum absolute atomic E-state index is 0.0734. The maximum absolute atomic E-state index is 13.5. The summed E-state index contributed by atoms with van der Waals surface area (Å²) < 4.78 is 15.4. The van der Waals surface area contributed by atoms with Gasteiger partial charge in [-0.3, -0.25) is 9.59 Å². The van der Waals surface area contributed by atoms with Gasteiger partial charge in [-0.1, -0.05) is 49.9 Å². The number of rotatable bonds is 9. The highest BCUT2D eigenvalue weighted by Gasteiger charge is 2.26. The summed E-state index contributed by atoms with van der Waals surface area (Å²) in [6, 6.07) is 12.9. The van der Waals surface area contributed by atoms with Gasteiger partial charge in [0.1, 0.15) is 5.82 Å². The largest absolute Gasteiger partial charge is 0.342 e. The van der Waals surface area contributed by atoms with E-state index < -0.39 is 5.82 Å². The number of nitrogens with zero attached hydrogens (tertiary/aromatic N) is 3. The molecule has 0 saturated heterocycles. The molecule has 2 N–H and O–H groups in total. The minimum atomic E-state index is -0.406. The lowest BCUT2D eigenvalue weighted by Crippen LogP contribution is -2.33. The highest BCUT2D eigenvalue weighted by molar-refractivity contribution is 7.99. The smallest absolute Gasteiger partial charge is 0.251 e.